The molecular formula is C14H14ClN. The zero-order valence-corrected chi connectivity index (χ0v) is 10.2. The SMILES string of the molecule is CC(C)c1cccc(-c2ccncc2Cl)c1. The summed E-state index contributed by atoms with van der Waals surface area (Å²) in [5.41, 5.74) is 3.52. The van der Waals surface area contributed by atoms with Gasteiger partial charge in [0.25, 0.3) is 0 Å². The summed E-state index contributed by atoms with van der Waals surface area (Å²) < 4.78 is 0. The summed E-state index contributed by atoms with van der Waals surface area (Å²) in [4.78, 5) is 4.00. The smallest absolute Gasteiger partial charge is 0.0667 e. The van der Waals surface area contributed by atoms with Gasteiger partial charge in [0.2, 0.25) is 0 Å². The van der Waals surface area contributed by atoms with E-state index in [2.05, 4.69) is 43.1 Å². The van der Waals surface area contributed by atoms with Gasteiger partial charge in [0, 0.05) is 18.0 Å². The number of hydrogen-bond acceptors (Lipinski definition) is 1. The first-order valence-corrected chi connectivity index (χ1v) is 5.76. The van der Waals surface area contributed by atoms with E-state index in [1.807, 2.05) is 6.07 Å². The molecule has 0 spiro atoms. The van der Waals surface area contributed by atoms with Crippen LogP contribution in [-0.2, 0) is 0 Å². The predicted octanol–water partition coefficient (Wildman–Crippen LogP) is 4.53. The van der Waals surface area contributed by atoms with E-state index < -0.39 is 0 Å². The molecule has 0 amide bonds. The van der Waals surface area contributed by atoms with Gasteiger partial charge in [-0.15, -0.1) is 0 Å². The van der Waals surface area contributed by atoms with Crippen LogP contribution in [0.1, 0.15) is 25.3 Å². The Balaban J connectivity index is 2.49. The molecule has 0 N–H and O–H groups in total. The fraction of sp³-hybridized carbons (Fsp3) is 0.214. The fourth-order valence-corrected chi connectivity index (χ4v) is 1.90. The second kappa shape index (κ2) is 4.67. The van der Waals surface area contributed by atoms with Gasteiger partial charge in [0.05, 0.1) is 5.02 Å². The second-order valence-corrected chi connectivity index (χ2v) is 4.54. The molecule has 2 heteroatoms. The maximum atomic E-state index is 6.13. The van der Waals surface area contributed by atoms with Crippen LogP contribution in [0, 0.1) is 0 Å². The van der Waals surface area contributed by atoms with Gasteiger partial charge >= 0.3 is 0 Å². The highest BCUT2D eigenvalue weighted by molar-refractivity contribution is 6.33. The number of halogens is 1. The van der Waals surface area contributed by atoms with Crippen molar-refractivity contribution in [3.05, 3.63) is 53.3 Å². The minimum atomic E-state index is 0.528. The van der Waals surface area contributed by atoms with Crippen molar-refractivity contribution in [2.45, 2.75) is 19.8 Å². The van der Waals surface area contributed by atoms with Crippen molar-refractivity contribution in [1.29, 1.82) is 0 Å². The predicted molar refractivity (Wildman–Crippen MR) is 68.8 cm³/mol. The quantitative estimate of drug-likeness (QED) is 0.740. The van der Waals surface area contributed by atoms with Crippen molar-refractivity contribution in [2.75, 3.05) is 0 Å². The van der Waals surface area contributed by atoms with Gasteiger partial charge in [-0.05, 0) is 23.1 Å². The molecule has 0 atom stereocenters. The number of pyridine rings is 1. The van der Waals surface area contributed by atoms with Crippen LogP contribution in [0.2, 0.25) is 5.02 Å². The van der Waals surface area contributed by atoms with Crippen LogP contribution in [0.5, 0.6) is 0 Å². The van der Waals surface area contributed by atoms with E-state index in [0.29, 0.717) is 10.9 Å². The van der Waals surface area contributed by atoms with Gasteiger partial charge in [0.1, 0.15) is 0 Å². The largest absolute Gasteiger partial charge is 0.263 e. The summed E-state index contributed by atoms with van der Waals surface area (Å²) >= 11 is 6.13. The molecule has 2 aromatic rings. The molecule has 2 rings (SSSR count). The number of benzene rings is 1. The van der Waals surface area contributed by atoms with Crippen molar-refractivity contribution in [1.82, 2.24) is 4.98 Å². The van der Waals surface area contributed by atoms with Gasteiger partial charge in [0.15, 0.2) is 0 Å². The lowest BCUT2D eigenvalue weighted by molar-refractivity contribution is 0.867. The minimum Gasteiger partial charge on any atom is -0.263 e. The molecule has 0 aliphatic carbocycles. The van der Waals surface area contributed by atoms with E-state index in [1.54, 1.807) is 12.4 Å². The van der Waals surface area contributed by atoms with Crippen molar-refractivity contribution in [2.24, 2.45) is 0 Å². The molecule has 82 valence electrons. The van der Waals surface area contributed by atoms with Gasteiger partial charge in [-0.2, -0.15) is 0 Å². The summed E-state index contributed by atoms with van der Waals surface area (Å²) in [5, 5.41) is 0.698. The number of nitrogens with zero attached hydrogens (tertiary/aromatic N) is 1. The lowest BCUT2D eigenvalue weighted by Gasteiger charge is -2.09. The van der Waals surface area contributed by atoms with Crippen LogP contribution in [0.15, 0.2) is 42.7 Å². The Morgan fingerprint density at radius 1 is 1.19 bits per heavy atom. The maximum absolute atomic E-state index is 6.13. The molecule has 1 nitrogen and oxygen atoms in total. The van der Waals surface area contributed by atoms with E-state index in [0.717, 1.165) is 11.1 Å². The highest BCUT2D eigenvalue weighted by Gasteiger charge is 2.05. The molecule has 0 aliphatic rings. The topological polar surface area (TPSA) is 12.9 Å². The summed E-state index contributed by atoms with van der Waals surface area (Å²) in [6.45, 7) is 4.38. The second-order valence-electron chi connectivity index (χ2n) is 4.14. The van der Waals surface area contributed by atoms with Gasteiger partial charge in [-0.1, -0.05) is 49.7 Å². The molecule has 0 fully saturated rings. The van der Waals surface area contributed by atoms with Gasteiger partial charge in [-0.3, -0.25) is 4.98 Å². The van der Waals surface area contributed by atoms with Crippen LogP contribution in [0.4, 0.5) is 0 Å². The Labute approximate surface area is 101 Å². The zero-order valence-electron chi connectivity index (χ0n) is 9.44. The minimum absolute atomic E-state index is 0.528. The summed E-state index contributed by atoms with van der Waals surface area (Å²) in [7, 11) is 0. The molecule has 0 saturated carbocycles. The third kappa shape index (κ3) is 2.25. The molecule has 1 heterocycles. The molecule has 0 radical (unpaired) electrons. The molecule has 0 unspecified atom stereocenters. The first-order chi connectivity index (χ1) is 7.68. The van der Waals surface area contributed by atoms with Crippen LogP contribution in [-0.4, -0.2) is 4.98 Å². The zero-order chi connectivity index (χ0) is 11.5. The highest BCUT2D eigenvalue weighted by Crippen LogP contribution is 2.28. The average Bonchev–Trinajstić information content (AvgIpc) is 2.30. The third-order valence-electron chi connectivity index (χ3n) is 2.64. The molecule has 16 heavy (non-hydrogen) atoms. The van der Waals surface area contributed by atoms with Crippen molar-refractivity contribution in [3.63, 3.8) is 0 Å². The first-order valence-electron chi connectivity index (χ1n) is 5.38. The Morgan fingerprint density at radius 3 is 2.69 bits per heavy atom. The van der Waals surface area contributed by atoms with Gasteiger partial charge in [-0.25, -0.2) is 0 Å². The third-order valence-corrected chi connectivity index (χ3v) is 2.94. The van der Waals surface area contributed by atoms with Crippen LogP contribution < -0.4 is 0 Å². The number of hydrogen-bond donors (Lipinski definition) is 0. The molecule has 1 aromatic carbocycles. The molecular weight excluding hydrogens is 218 g/mol. The summed E-state index contributed by atoms with van der Waals surface area (Å²) in [6.07, 6.45) is 3.45. The normalized spacial score (nSPS) is 10.8. The van der Waals surface area contributed by atoms with E-state index >= 15 is 0 Å². The molecule has 1 aromatic heterocycles. The monoisotopic (exact) mass is 231 g/mol. The number of aromatic nitrogens is 1. The summed E-state index contributed by atoms with van der Waals surface area (Å²) in [5.74, 6) is 0.528. The Kier molecular flexibility index (Phi) is 3.25. The first kappa shape index (κ1) is 11.2. The van der Waals surface area contributed by atoms with Crippen LogP contribution >= 0.6 is 11.6 Å². The maximum Gasteiger partial charge on any atom is 0.0667 e. The molecule has 0 saturated heterocycles. The standard InChI is InChI=1S/C14H14ClN/c1-10(2)11-4-3-5-12(8-11)13-6-7-16-9-14(13)15/h3-10H,1-2H3. The van der Waals surface area contributed by atoms with Crippen molar-refractivity contribution < 1.29 is 0 Å². The highest BCUT2D eigenvalue weighted by atomic mass is 35.5. The van der Waals surface area contributed by atoms with Crippen molar-refractivity contribution in [3.8, 4) is 11.1 Å². The van der Waals surface area contributed by atoms with E-state index in [1.165, 1.54) is 5.56 Å². The molecule has 0 aliphatic heterocycles. The van der Waals surface area contributed by atoms with Crippen LogP contribution in [0.25, 0.3) is 11.1 Å². The lowest BCUT2D eigenvalue weighted by atomic mass is 9.98. The van der Waals surface area contributed by atoms with E-state index in [9.17, 15) is 0 Å². The number of rotatable bonds is 2. The Hall–Kier alpha value is -1.34. The fourth-order valence-electron chi connectivity index (χ4n) is 1.67. The van der Waals surface area contributed by atoms with E-state index in [-0.39, 0.29) is 0 Å². The lowest BCUT2D eigenvalue weighted by Crippen LogP contribution is -1.88. The average molecular weight is 232 g/mol. The van der Waals surface area contributed by atoms with Gasteiger partial charge < -0.3 is 0 Å². The summed E-state index contributed by atoms with van der Waals surface area (Å²) in [6, 6.07) is 10.4. The van der Waals surface area contributed by atoms with Crippen molar-refractivity contribution >= 4 is 11.6 Å². The molecule has 0 bridgehead atoms. The Bertz CT molecular complexity index is 492. The Morgan fingerprint density at radius 2 is 2.00 bits per heavy atom. The van der Waals surface area contributed by atoms with Crippen LogP contribution in [0.3, 0.4) is 0 Å². The van der Waals surface area contributed by atoms with E-state index in [4.69, 9.17) is 11.6 Å².